The van der Waals surface area contributed by atoms with E-state index in [0.717, 1.165) is 108 Å². The van der Waals surface area contributed by atoms with Crippen molar-refractivity contribution in [1.82, 2.24) is 39.4 Å². The summed E-state index contributed by atoms with van der Waals surface area (Å²) in [6.45, 7) is 12.0. The summed E-state index contributed by atoms with van der Waals surface area (Å²) in [7, 11) is 0. The lowest BCUT2D eigenvalue weighted by Gasteiger charge is -2.38. The van der Waals surface area contributed by atoms with Gasteiger partial charge in [-0.15, -0.1) is 36.6 Å². The zero-order valence-electron chi connectivity index (χ0n) is 66.2. The smallest absolute Gasteiger partial charge is 0.407 e. The van der Waals surface area contributed by atoms with Crippen LogP contribution in [0.15, 0.2) is 112 Å². The number of ether oxygens (including phenoxy) is 6. The number of esters is 5. The lowest BCUT2D eigenvalue weighted by molar-refractivity contribution is -0.149. The molecule has 20 atom stereocenters. The first-order valence-corrected chi connectivity index (χ1v) is 46.9. The quantitative estimate of drug-likeness (QED) is 0.133. The van der Waals surface area contributed by atoms with Crippen LogP contribution in [0.3, 0.4) is 0 Å². The minimum absolute atomic E-state index is 0. The first-order valence-electron chi connectivity index (χ1n) is 42.8. The Morgan fingerprint density at radius 2 is 0.850 bits per heavy atom. The van der Waals surface area contributed by atoms with Crippen molar-refractivity contribution in [3.63, 3.8) is 0 Å². The number of hydrogen-bond donors (Lipinski definition) is 1. The van der Waals surface area contributed by atoms with Crippen LogP contribution in [0.1, 0.15) is 213 Å². The number of benzene rings is 1. The van der Waals surface area contributed by atoms with Crippen LogP contribution in [0.25, 0.3) is 0 Å². The molecule has 1 N–H and O–H groups in total. The second-order valence-corrected chi connectivity index (χ2v) is 42.0. The Kier molecular flexibility index (Phi) is 23.1. The molecule has 614 valence electrons. The zero-order valence-corrected chi connectivity index (χ0v) is 71.1. The number of hydrogen-bond acceptors (Lipinski definition) is 22. The number of carbonyl (C=O) groups is 6. The number of nitrogens with one attached hydrogen (secondary N) is 1. The number of nitrogens with zero attached hydrogens (tertiary/aromatic N) is 7. The van der Waals surface area contributed by atoms with Crippen molar-refractivity contribution in [3.8, 4) is 0 Å². The van der Waals surface area contributed by atoms with Crippen molar-refractivity contribution in [3.05, 3.63) is 107 Å². The van der Waals surface area contributed by atoms with E-state index in [9.17, 15) is 28.8 Å². The predicted molar refractivity (Wildman–Crippen MR) is 445 cm³/mol. The fourth-order valence-corrected chi connectivity index (χ4v) is 31.1. The average Bonchev–Trinajstić information content (AvgIpc) is 1.59. The van der Waals surface area contributed by atoms with Gasteiger partial charge in [-0.25, -0.2) is 33.8 Å². The fourth-order valence-electron chi connectivity index (χ4n) is 25.8. The summed E-state index contributed by atoms with van der Waals surface area (Å²) in [5.41, 5.74) is 4.45. The number of amides is 1. The third kappa shape index (κ3) is 14.4. The highest BCUT2D eigenvalue weighted by Gasteiger charge is 2.69. The van der Waals surface area contributed by atoms with Gasteiger partial charge in [0.1, 0.15) is 5.60 Å². The average molecular weight is 1670 g/mol. The summed E-state index contributed by atoms with van der Waals surface area (Å²) in [5, 5.41) is 5.99. The largest absolute Gasteiger partial charge is 0.450 e. The molecule has 1 aromatic heterocycles. The Morgan fingerprint density at radius 1 is 0.478 bits per heavy atom. The van der Waals surface area contributed by atoms with Crippen LogP contribution in [-0.4, -0.2) is 242 Å². The third-order valence-corrected chi connectivity index (χ3v) is 35.4. The summed E-state index contributed by atoms with van der Waals surface area (Å²) < 4.78 is 37.0. The molecule has 15 aliphatic heterocycles. The van der Waals surface area contributed by atoms with E-state index in [1.165, 1.54) is 155 Å². The number of piperidine rings is 5. The Labute approximate surface area is 696 Å². The van der Waals surface area contributed by atoms with Gasteiger partial charge in [0.25, 0.3) is 0 Å². The normalized spacial score (nSPS) is 40.1. The van der Waals surface area contributed by atoms with Crippen LogP contribution >= 0.6 is 71.9 Å². The molecule has 10 bridgehead atoms. The summed E-state index contributed by atoms with van der Waals surface area (Å²) in [4.78, 5) is 90.3. The van der Waals surface area contributed by atoms with Crippen LogP contribution < -0.4 is 5.32 Å². The lowest BCUT2D eigenvalue weighted by atomic mass is 9.75. The van der Waals surface area contributed by atoms with Gasteiger partial charge in [0, 0.05) is 149 Å². The minimum Gasteiger partial charge on any atom is -0.450 e. The molecule has 0 radical (unpaired) electrons. The number of alkyl carbamates (subject to hydrolysis) is 1. The van der Waals surface area contributed by atoms with Gasteiger partial charge in [0.15, 0.2) is 28.0 Å². The van der Waals surface area contributed by atoms with Gasteiger partial charge in [-0.1, -0.05) is 63.1 Å². The van der Waals surface area contributed by atoms with E-state index in [-0.39, 0.29) is 88.8 Å². The van der Waals surface area contributed by atoms with Crippen molar-refractivity contribution in [1.29, 1.82) is 0 Å². The SMILES string of the molecule is CC(C)(C)OC(=O)NCCSC1CC2=CC(=O)O[C@@]23C[C@@H]1N1CCCC[C@@H]13.CSC1CC2=CC(=O)O[C@@]23C[C@@H]1N1CCCC[C@@H]13.Cl.Cl.O=C1C=C2CC(SC3CCCC3)[C@@H]3C[C@@]2(O1)[C@H]1CCCCN31.O=C1C=C2CC(Sc3ccccc3)[C@@H]3C[C@@]2(O1)[C@H]1CCCCN31.O=C1C=C2CC(n3ccnc3)[C@@H]3C[C@@]2(O1)[C@H]1CCCCN31. The molecule has 26 heteroatoms. The highest BCUT2D eigenvalue weighted by Crippen LogP contribution is 2.62. The van der Waals surface area contributed by atoms with E-state index in [4.69, 9.17) is 28.4 Å². The number of aromatic nitrogens is 2. The van der Waals surface area contributed by atoms with Gasteiger partial charge in [0.05, 0.1) is 42.6 Å². The van der Waals surface area contributed by atoms with E-state index >= 15 is 0 Å². The van der Waals surface area contributed by atoms with Gasteiger partial charge >= 0.3 is 35.9 Å². The standard InChI is InChI=1S/C20H30N2O4S.C19H21NO2S.C18H25NO2S.C16H19N3O2.C14H19NO2S.2ClH/c1-19(2,3)26-18(24)21-7-9-27-15-10-13-11-17(23)25-20(13)12-14(15)22-8-5-4-6-16(20)22;21-18-11-13-10-16(23-14-6-2-1-3-7-14)15-12-19(13,22-18)17-8-4-5-9-20(15)17;20-17-10-12-9-15(22-13-5-1-2-6-13)14-11-18(12,21-17)16-7-3-4-8-19(14)16;20-15-8-11-7-12(18-6-4-17-10-18)13-9-16(11,21-15)14-3-1-2-5-19(13)14;1-18-11-6-9-7-13(16)17-14(9)8-10(11)15-5-3-2-4-12(14)15;;/h11,14-16H,4-10,12H2,1-3H3,(H,21,24);1-3,6-7,11,15-17H,4-5,8-10,12H2;10,13-16H,1-9,11H2;4,6,8,10,12-14H,1-3,5,7,9H2;7,10-12H,2-6,8H2,1H3;2*1H/t14-,15?,16+,20-;15-,16?,17+,19-;14-,15?,16+,18-;12?,13-,14+,16-;10-,11?,12+,14-;;/m00000../s1. The Hall–Kier alpha value is -4.47. The lowest BCUT2D eigenvalue weighted by Crippen LogP contribution is -2.48. The van der Waals surface area contributed by atoms with Gasteiger partial charge in [-0.3, -0.25) is 24.5 Å². The number of imidazole rings is 1. The molecule has 6 aliphatic carbocycles. The third-order valence-electron chi connectivity index (χ3n) is 30.0. The van der Waals surface area contributed by atoms with Gasteiger partial charge in [-0.05, 0) is 209 Å². The Bertz CT molecular complexity index is 4120. The van der Waals surface area contributed by atoms with Crippen molar-refractivity contribution in [2.45, 2.75) is 338 Å². The zero-order chi connectivity index (χ0) is 75.8. The van der Waals surface area contributed by atoms with Gasteiger partial charge in [-0.2, -0.15) is 35.3 Å². The van der Waals surface area contributed by atoms with Crippen molar-refractivity contribution in [2.75, 3.05) is 51.3 Å². The van der Waals surface area contributed by atoms with E-state index in [2.05, 4.69) is 87.7 Å². The minimum atomic E-state index is -0.474. The molecule has 16 fully saturated rings. The monoisotopic (exact) mass is 1660 g/mol. The van der Waals surface area contributed by atoms with Gasteiger partial charge in [0.2, 0.25) is 0 Å². The molecule has 16 heterocycles. The first kappa shape index (κ1) is 80.9. The molecular formula is C87H116Cl2N8O12S4. The summed E-state index contributed by atoms with van der Waals surface area (Å²) in [6, 6.07) is 15.9. The van der Waals surface area contributed by atoms with Crippen molar-refractivity contribution >= 4 is 108 Å². The van der Waals surface area contributed by atoms with E-state index in [0.29, 0.717) is 94.0 Å². The molecule has 20 nitrogen and oxygen atoms in total. The summed E-state index contributed by atoms with van der Waals surface area (Å²) >= 11 is 8.08. The number of halogens is 2. The molecule has 1 aromatic carbocycles. The Morgan fingerprint density at radius 3 is 1.27 bits per heavy atom. The number of fused-ring (bicyclic) bond motifs is 15. The Balaban J connectivity index is 0.000000102. The molecule has 6 saturated carbocycles. The highest BCUT2D eigenvalue weighted by atomic mass is 35.5. The summed E-state index contributed by atoms with van der Waals surface area (Å²) in [5.74, 6) is 0.256. The number of rotatable bonds is 10. The molecule has 1 amide bonds. The van der Waals surface area contributed by atoms with Gasteiger partial charge < -0.3 is 38.3 Å². The summed E-state index contributed by atoms with van der Waals surface area (Å²) in [6.07, 6.45) is 50.7. The molecule has 113 heavy (non-hydrogen) atoms. The molecule has 10 saturated heterocycles. The molecule has 2 aromatic rings. The topological polar surface area (TPSA) is 204 Å². The molecule has 21 aliphatic rings. The molecule has 5 unspecified atom stereocenters. The van der Waals surface area contributed by atoms with Crippen LogP contribution in [0.5, 0.6) is 0 Å². The van der Waals surface area contributed by atoms with Crippen molar-refractivity contribution < 1.29 is 57.2 Å². The van der Waals surface area contributed by atoms with E-state index in [1.54, 1.807) is 24.3 Å². The number of thioether (sulfide) groups is 4. The highest BCUT2D eigenvalue weighted by molar-refractivity contribution is 8.00. The van der Waals surface area contributed by atoms with Crippen LogP contribution in [0.2, 0.25) is 0 Å². The second kappa shape index (κ2) is 32.2. The molecule has 23 rings (SSSR count). The molecular weight excluding hydrogens is 1550 g/mol. The van der Waals surface area contributed by atoms with Crippen LogP contribution in [-0.2, 0) is 52.4 Å². The van der Waals surface area contributed by atoms with Crippen LogP contribution in [0, 0.1) is 0 Å². The maximum absolute atomic E-state index is 12.0. The van der Waals surface area contributed by atoms with Crippen molar-refractivity contribution in [2.24, 2.45) is 0 Å². The number of carbonyl (C=O) groups excluding carboxylic acids is 6. The predicted octanol–water partition coefficient (Wildman–Crippen LogP) is 14.0. The second-order valence-electron chi connectivity index (χ2n) is 36.8. The van der Waals surface area contributed by atoms with Crippen LogP contribution in [0.4, 0.5) is 4.79 Å². The molecule has 5 spiro atoms. The van der Waals surface area contributed by atoms with E-state index in [1.807, 2.05) is 80.9 Å². The first-order chi connectivity index (χ1) is 53.8. The van der Waals surface area contributed by atoms with E-state index < -0.39 is 5.60 Å². The maximum Gasteiger partial charge on any atom is 0.407 e. The maximum atomic E-state index is 12.0. The fraction of sp³-hybridized carbons (Fsp3) is 0.713.